The Balaban J connectivity index is 3.42. The van der Waals surface area contributed by atoms with Crippen LogP contribution in [0.15, 0.2) is 12.2 Å². The van der Waals surface area contributed by atoms with Crippen LogP contribution in [0.1, 0.15) is 32.6 Å². The number of allylic oxidation sites excluding steroid dienone is 2. The molecular formula is C9H14O2. The summed E-state index contributed by atoms with van der Waals surface area (Å²) in [6, 6.07) is 0. The molecule has 0 aromatic heterocycles. The third kappa shape index (κ3) is 6.97. The fourth-order valence-corrected chi connectivity index (χ4v) is 0.666. The number of rotatable bonds is 6. The first-order chi connectivity index (χ1) is 5.31. The van der Waals surface area contributed by atoms with Gasteiger partial charge in [-0.2, -0.15) is 0 Å². The molecule has 0 aromatic rings. The lowest BCUT2D eigenvalue weighted by Crippen LogP contribution is -1.91. The molecule has 0 atom stereocenters. The molecule has 2 nitrogen and oxygen atoms in total. The maximum Gasteiger partial charge on any atom is 0.155 e. The van der Waals surface area contributed by atoms with E-state index in [1.807, 2.05) is 6.08 Å². The minimum Gasteiger partial charge on any atom is -0.303 e. The van der Waals surface area contributed by atoms with Crippen molar-refractivity contribution in [1.29, 1.82) is 0 Å². The molecule has 0 amide bonds. The summed E-state index contributed by atoms with van der Waals surface area (Å²) in [4.78, 5) is 20.7. The third-order valence-corrected chi connectivity index (χ3v) is 1.27. The molecule has 0 bridgehead atoms. The van der Waals surface area contributed by atoms with Crippen LogP contribution in [0.4, 0.5) is 0 Å². The zero-order valence-corrected chi connectivity index (χ0v) is 6.88. The van der Waals surface area contributed by atoms with Crippen LogP contribution in [-0.4, -0.2) is 12.1 Å². The average Bonchev–Trinajstić information content (AvgIpc) is 2.01. The van der Waals surface area contributed by atoms with E-state index < -0.39 is 0 Å². The highest BCUT2D eigenvalue weighted by Gasteiger charge is 1.93. The molecule has 0 rings (SSSR count). The maximum atomic E-state index is 10.8. The number of unbranched alkanes of at least 4 members (excludes halogenated alkanes) is 1. The van der Waals surface area contributed by atoms with E-state index in [1.54, 1.807) is 6.08 Å². The number of carbonyl (C=O) groups excluding carboxylic acids is 2. The van der Waals surface area contributed by atoms with E-state index >= 15 is 0 Å². The number of hydrogen-bond donors (Lipinski definition) is 0. The topological polar surface area (TPSA) is 34.1 Å². The summed E-state index contributed by atoms with van der Waals surface area (Å²) in [5.74, 6) is 0.0468. The van der Waals surface area contributed by atoms with E-state index in [2.05, 4.69) is 6.92 Å². The molecule has 0 saturated heterocycles. The molecular weight excluding hydrogens is 140 g/mol. The quantitative estimate of drug-likeness (QED) is 0.432. The molecule has 0 aliphatic rings. The summed E-state index contributed by atoms with van der Waals surface area (Å²) in [5, 5.41) is 0. The smallest absolute Gasteiger partial charge is 0.155 e. The highest BCUT2D eigenvalue weighted by atomic mass is 16.1. The van der Waals surface area contributed by atoms with Gasteiger partial charge in [0.05, 0.1) is 0 Å². The molecule has 0 N–H and O–H groups in total. The molecule has 11 heavy (non-hydrogen) atoms. The number of ketones is 1. The highest BCUT2D eigenvalue weighted by Crippen LogP contribution is 1.93. The zero-order valence-electron chi connectivity index (χ0n) is 6.88. The van der Waals surface area contributed by atoms with Crippen molar-refractivity contribution >= 4 is 12.1 Å². The van der Waals surface area contributed by atoms with E-state index in [1.165, 1.54) is 0 Å². The second-order valence-electron chi connectivity index (χ2n) is 2.36. The van der Waals surface area contributed by atoms with Gasteiger partial charge in [0.15, 0.2) is 5.78 Å². The summed E-state index contributed by atoms with van der Waals surface area (Å²) in [7, 11) is 0. The Labute approximate surface area is 67.3 Å². The Morgan fingerprint density at radius 1 is 1.36 bits per heavy atom. The Morgan fingerprint density at radius 3 is 2.64 bits per heavy atom. The number of carbonyl (C=O) groups is 2. The third-order valence-electron chi connectivity index (χ3n) is 1.27. The standard InChI is InChI=1S/C9H14O2/c1-2-3-4-6-9(11)7-5-8-10/h4,6,8H,2-3,5,7H2,1H3/b6-4+. The summed E-state index contributed by atoms with van der Waals surface area (Å²) < 4.78 is 0. The summed E-state index contributed by atoms with van der Waals surface area (Å²) in [5.41, 5.74) is 0. The minimum atomic E-state index is 0.0468. The first-order valence-electron chi connectivity index (χ1n) is 3.94. The van der Waals surface area contributed by atoms with Gasteiger partial charge in [-0.3, -0.25) is 4.79 Å². The molecule has 0 saturated carbocycles. The van der Waals surface area contributed by atoms with Crippen LogP contribution in [0.25, 0.3) is 0 Å². The van der Waals surface area contributed by atoms with E-state index in [9.17, 15) is 9.59 Å². The van der Waals surface area contributed by atoms with Crippen molar-refractivity contribution in [1.82, 2.24) is 0 Å². The first kappa shape index (κ1) is 10.1. The van der Waals surface area contributed by atoms with Gasteiger partial charge in [-0.25, -0.2) is 0 Å². The van der Waals surface area contributed by atoms with Gasteiger partial charge in [-0.15, -0.1) is 0 Å². The lowest BCUT2D eigenvalue weighted by Gasteiger charge is -1.87. The number of aldehydes is 1. The molecule has 0 fully saturated rings. The van der Waals surface area contributed by atoms with Crippen molar-refractivity contribution in [2.75, 3.05) is 0 Å². The van der Waals surface area contributed by atoms with E-state index in [4.69, 9.17) is 0 Å². The van der Waals surface area contributed by atoms with Crippen molar-refractivity contribution < 1.29 is 9.59 Å². The Bertz CT molecular complexity index is 148. The van der Waals surface area contributed by atoms with E-state index in [-0.39, 0.29) is 5.78 Å². The van der Waals surface area contributed by atoms with Crippen LogP contribution in [0.2, 0.25) is 0 Å². The van der Waals surface area contributed by atoms with Crippen molar-refractivity contribution in [2.45, 2.75) is 32.6 Å². The van der Waals surface area contributed by atoms with Crippen LogP contribution in [0.5, 0.6) is 0 Å². The highest BCUT2D eigenvalue weighted by molar-refractivity contribution is 5.90. The predicted molar refractivity (Wildman–Crippen MR) is 44.4 cm³/mol. The first-order valence-corrected chi connectivity index (χ1v) is 3.94. The van der Waals surface area contributed by atoms with Crippen LogP contribution < -0.4 is 0 Å². The van der Waals surface area contributed by atoms with Crippen LogP contribution >= 0.6 is 0 Å². The summed E-state index contributed by atoms with van der Waals surface area (Å²) in [6.07, 6.45) is 6.87. The second kappa shape index (κ2) is 7.19. The minimum absolute atomic E-state index is 0.0468. The van der Waals surface area contributed by atoms with Gasteiger partial charge in [0, 0.05) is 12.8 Å². The fraction of sp³-hybridized carbons (Fsp3) is 0.556. The summed E-state index contributed by atoms with van der Waals surface area (Å²) >= 11 is 0. The van der Waals surface area contributed by atoms with Crippen LogP contribution in [-0.2, 0) is 9.59 Å². The normalized spacial score (nSPS) is 10.3. The molecule has 0 spiro atoms. The van der Waals surface area contributed by atoms with E-state index in [0.29, 0.717) is 12.8 Å². The van der Waals surface area contributed by atoms with Crippen molar-refractivity contribution in [3.8, 4) is 0 Å². The Kier molecular flexibility index (Phi) is 6.59. The lowest BCUT2D eigenvalue weighted by atomic mass is 10.2. The van der Waals surface area contributed by atoms with E-state index in [0.717, 1.165) is 19.1 Å². The molecule has 0 aromatic carbocycles. The molecule has 0 unspecified atom stereocenters. The molecule has 0 aliphatic heterocycles. The number of hydrogen-bond acceptors (Lipinski definition) is 2. The van der Waals surface area contributed by atoms with Crippen molar-refractivity contribution in [3.63, 3.8) is 0 Å². The van der Waals surface area contributed by atoms with Crippen molar-refractivity contribution in [3.05, 3.63) is 12.2 Å². The van der Waals surface area contributed by atoms with Crippen molar-refractivity contribution in [2.24, 2.45) is 0 Å². The van der Waals surface area contributed by atoms with Gasteiger partial charge in [0.1, 0.15) is 6.29 Å². The molecule has 0 radical (unpaired) electrons. The van der Waals surface area contributed by atoms with Crippen LogP contribution in [0.3, 0.4) is 0 Å². The zero-order chi connectivity index (χ0) is 8.53. The largest absolute Gasteiger partial charge is 0.303 e. The van der Waals surface area contributed by atoms with Gasteiger partial charge in [-0.1, -0.05) is 19.4 Å². The van der Waals surface area contributed by atoms with Gasteiger partial charge < -0.3 is 4.79 Å². The Morgan fingerprint density at radius 2 is 2.09 bits per heavy atom. The van der Waals surface area contributed by atoms with Gasteiger partial charge in [0.25, 0.3) is 0 Å². The molecule has 0 aliphatic carbocycles. The lowest BCUT2D eigenvalue weighted by molar-refractivity contribution is -0.116. The second-order valence-corrected chi connectivity index (χ2v) is 2.36. The SMILES string of the molecule is CCC/C=C/C(=O)CCC=O. The maximum absolute atomic E-state index is 10.8. The van der Waals surface area contributed by atoms with Gasteiger partial charge >= 0.3 is 0 Å². The van der Waals surface area contributed by atoms with Crippen LogP contribution in [0, 0.1) is 0 Å². The molecule has 0 heterocycles. The molecule has 2 heteroatoms. The fourth-order valence-electron chi connectivity index (χ4n) is 0.666. The monoisotopic (exact) mass is 154 g/mol. The molecule has 62 valence electrons. The Hall–Kier alpha value is -0.920. The average molecular weight is 154 g/mol. The van der Waals surface area contributed by atoms with Gasteiger partial charge in [-0.05, 0) is 12.5 Å². The predicted octanol–water partition coefficient (Wildman–Crippen LogP) is 1.89. The van der Waals surface area contributed by atoms with Gasteiger partial charge in [0.2, 0.25) is 0 Å². The summed E-state index contributed by atoms with van der Waals surface area (Å²) in [6.45, 7) is 2.06.